The van der Waals surface area contributed by atoms with Crippen molar-refractivity contribution in [2.45, 2.75) is 25.3 Å². The molecular weight excluding hydrogens is 320 g/mol. The van der Waals surface area contributed by atoms with Gasteiger partial charge >= 0.3 is 5.97 Å². The largest absolute Gasteiger partial charge is 0.496 e. The second-order valence-corrected chi connectivity index (χ2v) is 5.99. The third kappa shape index (κ3) is 4.14. The number of carbonyl (C=O) groups is 2. The number of carbonyl (C=O) groups excluding carboxylic acids is 2. The monoisotopic (exact) mass is 336 g/mol. The van der Waals surface area contributed by atoms with Crippen LogP contribution in [0.1, 0.15) is 30.1 Å². The molecule has 1 aliphatic carbocycles. The van der Waals surface area contributed by atoms with Crippen molar-refractivity contribution in [2.75, 3.05) is 13.7 Å². The van der Waals surface area contributed by atoms with Crippen LogP contribution in [0.5, 0.6) is 5.75 Å². The first kappa shape index (κ1) is 17.1. The maximum Gasteiger partial charge on any atom is 0.342 e. The van der Waals surface area contributed by atoms with Crippen LogP contribution in [0.3, 0.4) is 0 Å². The van der Waals surface area contributed by atoms with Gasteiger partial charge in [-0.25, -0.2) is 4.79 Å². The van der Waals surface area contributed by atoms with Crippen LogP contribution in [0.15, 0.2) is 18.2 Å². The molecule has 0 radical (unpaired) electrons. The van der Waals surface area contributed by atoms with E-state index < -0.39 is 24.0 Å². The Labute approximate surface area is 139 Å². The van der Waals surface area contributed by atoms with E-state index >= 15 is 0 Å². The zero-order valence-corrected chi connectivity index (χ0v) is 13.6. The minimum Gasteiger partial charge on any atom is -0.496 e. The number of rotatable bonds is 6. The molecule has 2 rings (SSSR count). The Hall–Kier alpha value is -2.26. The van der Waals surface area contributed by atoms with Crippen molar-refractivity contribution in [3.63, 3.8) is 0 Å². The normalized spacial score (nSPS) is 15.9. The molecule has 0 bridgehead atoms. The second kappa shape index (κ2) is 6.88. The summed E-state index contributed by atoms with van der Waals surface area (Å²) in [5.41, 5.74) is -0.782. The Kier molecular flexibility index (Phi) is 5.12. The van der Waals surface area contributed by atoms with Crippen LogP contribution in [0, 0.1) is 17.2 Å². The molecule has 0 saturated heterocycles. The summed E-state index contributed by atoms with van der Waals surface area (Å²) in [5, 5.41) is 12.2. The van der Waals surface area contributed by atoms with Gasteiger partial charge < -0.3 is 14.8 Å². The summed E-state index contributed by atoms with van der Waals surface area (Å²) in [6, 6.07) is 6.64. The van der Waals surface area contributed by atoms with Crippen molar-refractivity contribution in [3.8, 4) is 11.8 Å². The Balaban J connectivity index is 1.95. The maximum absolute atomic E-state index is 12.1. The van der Waals surface area contributed by atoms with Crippen molar-refractivity contribution >= 4 is 23.5 Å². The van der Waals surface area contributed by atoms with E-state index in [9.17, 15) is 14.9 Å². The number of nitriles is 1. The molecule has 1 aromatic carbocycles. The average molecular weight is 337 g/mol. The summed E-state index contributed by atoms with van der Waals surface area (Å²) < 4.78 is 10.0. The first-order valence-electron chi connectivity index (χ1n) is 7.12. The highest BCUT2D eigenvalue weighted by molar-refractivity contribution is 6.31. The number of hydrogen-bond donors (Lipinski definition) is 1. The number of esters is 1. The molecule has 1 aliphatic rings. The lowest BCUT2D eigenvalue weighted by atomic mass is 9.98. The van der Waals surface area contributed by atoms with Gasteiger partial charge in [0, 0.05) is 5.02 Å². The van der Waals surface area contributed by atoms with Crippen LogP contribution in [0.25, 0.3) is 0 Å². The number of hydrogen-bond acceptors (Lipinski definition) is 5. The third-order valence-electron chi connectivity index (χ3n) is 3.74. The SMILES string of the molecule is COc1ccc(Cl)cc1C(=O)OCC(=O)N[C@@](C)(C#N)C1CC1. The first-order chi connectivity index (χ1) is 10.9. The topological polar surface area (TPSA) is 88.4 Å². The Morgan fingerprint density at radius 3 is 2.74 bits per heavy atom. The van der Waals surface area contributed by atoms with Crippen LogP contribution in [0.2, 0.25) is 5.02 Å². The van der Waals surface area contributed by atoms with Crippen molar-refractivity contribution in [1.29, 1.82) is 5.26 Å². The van der Waals surface area contributed by atoms with Crippen LogP contribution in [0.4, 0.5) is 0 Å². The van der Waals surface area contributed by atoms with Gasteiger partial charge in [-0.3, -0.25) is 4.79 Å². The van der Waals surface area contributed by atoms with Crippen LogP contribution in [-0.4, -0.2) is 31.1 Å². The van der Waals surface area contributed by atoms with Gasteiger partial charge in [-0.15, -0.1) is 0 Å². The van der Waals surface area contributed by atoms with E-state index in [0.29, 0.717) is 10.8 Å². The average Bonchev–Trinajstić information content (AvgIpc) is 3.37. The van der Waals surface area contributed by atoms with Crippen LogP contribution < -0.4 is 10.1 Å². The number of amides is 1. The third-order valence-corrected chi connectivity index (χ3v) is 3.98. The molecule has 7 heteroatoms. The first-order valence-corrected chi connectivity index (χ1v) is 7.50. The number of methoxy groups -OCH3 is 1. The van der Waals surface area contributed by atoms with Crippen molar-refractivity contribution in [1.82, 2.24) is 5.32 Å². The quantitative estimate of drug-likeness (QED) is 0.805. The molecule has 1 atom stereocenters. The summed E-state index contributed by atoms with van der Waals surface area (Å²) >= 11 is 5.85. The number of halogens is 1. The molecule has 0 heterocycles. The summed E-state index contributed by atoms with van der Waals surface area (Å²) in [6.45, 7) is 1.20. The molecule has 0 spiro atoms. The standard InChI is InChI=1S/C16H17ClN2O4/c1-16(9-18,10-3-4-10)19-14(20)8-23-15(21)12-7-11(17)5-6-13(12)22-2/h5-7,10H,3-4,8H2,1-2H3,(H,19,20)/t16-/m0/s1. The molecule has 1 N–H and O–H groups in total. The van der Waals surface area contributed by atoms with Crippen molar-refractivity contribution < 1.29 is 19.1 Å². The molecule has 1 fully saturated rings. The predicted molar refractivity (Wildman–Crippen MR) is 83.2 cm³/mol. The fraction of sp³-hybridized carbons (Fsp3) is 0.438. The lowest BCUT2D eigenvalue weighted by molar-refractivity contribution is -0.125. The lowest BCUT2D eigenvalue weighted by Crippen LogP contribution is -2.48. The zero-order valence-electron chi connectivity index (χ0n) is 12.9. The molecule has 0 unspecified atom stereocenters. The van der Waals surface area contributed by atoms with Crippen LogP contribution >= 0.6 is 11.6 Å². The molecule has 1 aromatic rings. The Morgan fingerprint density at radius 1 is 1.48 bits per heavy atom. The summed E-state index contributed by atoms with van der Waals surface area (Å²) in [5.74, 6) is -0.778. The minimum absolute atomic E-state index is 0.137. The summed E-state index contributed by atoms with van der Waals surface area (Å²) in [7, 11) is 1.42. The second-order valence-electron chi connectivity index (χ2n) is 5.56. The number of ether oxygens (including phenoxy) is 2. The highest BCUT2D eigenvalue weighted by atomic mass is 35.5. The van der Waals surface area contributed by atoms with E-state index in [1.165, 1.54) is 13.2 Å². The molecule has 1 amide bonds. The Bertz CT molecular complexity index is 667. The molecule has 0 aromatic heterocycles. The minimum atomic E-state index is -0.919. The van der Waals surface area contributed by atoms with Gasteiger partial charge in [0.05, 0.1) is 13.2 Å². The van der Waals surface area contributed by atoms with E-state index in [1.807, 2.05) is 0 Å². The van der Waals surface area contributed by atoms with E-state index in [4.69, 9.17) is 21.1 Å². The fourth-order valence-electron chi connectivity index (χ4n) is 2.26. The molecule has 0 aliphatic heterocycles. The molecular formula is C16H17ClN2O4. The summed E-state index contributed by atoms with van der Waals surface area (Å²) in [4.78, 5) is 24.0. The van der Waals surface area contributed by atoms with Gasteiger partial charge in [0.2, 0.25) is 0 Å². The number of benzene rings is 1. The van der Waals surface area contributed by atoms with Gasteiger partial charge in [0.1, 0.15) is 16.9 Å². The summed E-state index contributed by atoms with van der Waals surface area (Å²) in [6.07, 6.45) is 1.81. The number of nitrogens with one attached hydrogen (secondary N) is 1. The van der Waals surface area contributed by atoms with Gasteiger partial charge in [-0.2, -0.15) is 5.26 Å². The van der Waals surface area contributed by atoms with Gasteiger partial charge in [-0.1, -0.05) is 11.6 Å². The molecule has 122 valence electrons. The number of nitrogens with zero attached hydrogens (tertiary/aromatic N) is 1. The Morgan fingerprint density at radius 2 is 2.17 bits per heavy atom. The van der Waals surface area contributed by atoms with Gasteiger partial charge in [0.15, 0.2) is 6.61 Å². The fourth-order valence-corrected chi connectivity index (χ4v) is 2.43. The van der Waals surface area contributed by atoms with Crippen LogP contribution in [-0.2, 0) is 9.53 Å². The lowest BCUT2D eigenvalue weighted by Gasteiger charge is -2.22. The van der Waals surface area contributed by atoms with E-state index in [0.717, 1.165) is 12.8 Å². The van der Waals surface area contributed by atoms with Gasteiger partial charge in [0.25, 0.3) is 5.91 Å². The highest BCUT2D eigenvalue weighted by Gasteiger charge is 2.43. The maximum atomic E-state index is 12.1. The molecule has 6 nitrogen and oxygen atoms in total. The molecule has 1 saturated carbocycles. The highest BCUT2D eigenvalue weighted by Crippen LogP contribution is 2.39. The van der Waals surface area contributed by atoms with Gasteiger partial charge in [-0.05, 0) is 43.9 Å². The predicted octanol–water partition coefficient (Wildman–Crippen LogP) is 2.31. The van der Waals surface area contributed by atoms with E-state index in [2.05, 4.69) is 11.4 Å². The zero-order chi connectivity index (χ0) is 17.0. The van der Waals surface area contributed by atoms with E-state index in [-0.39, 0.29) is 11.5 Å². The van der Waals surface area contributed by atoms with Crippen molar-refractivity contribution in [2.24, 2.45) is 5.92 Å². The van der Waals surface area contributed by atoms with Crippen molar-refractivity contribution in [3.05, 3.63) is 28.8 Å². The molecule has 23 heavy (non-hydrogen) atoms. The smallest absolute Gasteiger partial charge is 0.342 e. The van der Waals surface area contributed by atoms with E-state index in [1.54, 1.807) is 19.1 Å².